The Morgan fingerprint density at radius 3 is 1.59 bits per heavy atom. The van der Waals surface area contributed by atoms with Gasteiger partial charge in [0, 0.05) is 25.0 Å². The lowest BCUT2D eigenvalue weighted by Gasteiger charge is -2.38. The van der Waals surface area contributed by atoms with E-state index in [1.807, 2.05) is 91.0 Å². The number of benzene rings is 3. The first kappa shape index (κ1) is 24.2. The van der Waals surface area contributed by atoms with Crippen LogP contribution in [0.3, 0.4) is 0 Å². The summed E-state index contributed by atoms with van der Waals surface area (Å²) in [5.74, 6) is -2.67. The molecule has 0 atom stereocenters. The van der Waals surface area contributed by atoms with Crippen LogP contribution >= 0.6 is 0 Å². The summed E-state index contributed by atoms with van der Waals surface area (Å²) >= 11 is 0. The summed E-state index contributed by atoms with van der Waals surface area (Å²) < 4.78 is 43.2. The fourth-order valence-corrected chi connectivity index (χ4v) is 4.72. The number of ketones is 1. The van der Waals surface area contributed by atoms with Crippen LogP contribution in [-0.2, 0) is 12.0 Å². The second-order valence-electron chi connectivity index (χ2n) is 8.59. The summed E-state index contributed by atoms with van der Waals surface area (Å²) in [6.07, 6.45) is -0.0893. The van der Waals surface area contributed by atoms with Crippen molar-refractivity contribution in [3.63, 3.8) is 0 Å². The van der Waals surface area contributed by atoms with E-state index in [0.717, 1.165) is 5.56 Å². The Bertz CT molecular complexity index is 1390. The van der Waals surface area contributed by atoms with E-state index < -0.39 is 23.3 Å². The number of imidazole rings is 1. The van der Waals surface area contributed by atoms with Gasteiger partial charge in [-0.1, -0.05) is 91.0 Å². The molecule has 37 heavy (non-hydrogen) atoms. The number of aromatic nitrogens is 3. The highest BCUT2D eigenvalue weighted by atomic mass is 19.4. The highest BCUT2D eigenvalue weighted by Crippen LogP contribution is 2.42. The van der Waals surface area contributed by atoms with Gasteiger partial charge >= 0.3 is 12.0 Å². The Morgan fingerprint density at radius 1 is 0.703 bits per heavy atom. The van der Waals surface area contributed by atoms with Crippen molar-refractivity contribution in [2.24, 2.45) is 0 Å². The zero-order valence-corrected chi connectivity index (χ0v) is 19.6. The van der Waals surface area contributed by atoms with E-state index in [1.165, 1.54) is 4.57 Å². The topological polar surface area (TPSA) is 47.8 Å². The van der Waals surface area contributed by atoms with E-state index in [2.05, 4.69) is 9.97 Å². The van der Waals surface area contributed by atoms with Crippen molar-refractivity contribution in [3.05, 3.63) is 155 Å². The SMILES string of the molecule is O=C(c1nc(Cc2ccncc2)cn1C(c1ccccc1)(c1ccccc1)c1ccccc1)C(F)(F)F. The molecule has 0 radical (unpaired) electrons. The molecule has 0 saturated carbocycles. The van der Waals surface area contributed by atoms with Crippen LogP contribution in [-0.4, -0.2) is 26.5 Å². The molecule has 184 valence electrons. The average Bonchev–Trinajstić information content (AvgIpc) is 3.34. The van der Waals surface area contributed by atoms with Gasteiger partial charge in [-0.3, -0.25) is 9.78 Å². The van der Waals surface area contributed by atoms with Crippen molar-refractivity contribution in [2.75, 3.05) is 0 Å². The number of alkyl halides is 3. The predicted molar refractivity (Wildman–Crippen MR) is 134 cm³/mol. The van der Waals surface area contributed by atoms with Crippen LogP contribution in [0.4, 0.5) is 13.2 Å². The number of nitrogens with zero attached hydrogens (tertiary/aromatic N) is 3. The summed E-state index contributed by atoms with van der Waals surface area (Å²) in [4.78, 5) is 21.2. The molecule has 0 spiro atoms. The molecule has 5 aromatic rings. The number of hydrogen-bond acceptors (Lipinski definition) is 3. The average molecular weight is 498 g/mol. The van der Waals surface area contributed by atoms with Crippen molar-refractivity contribution in [2.45, 2.75) is 18.1 Å². The Morgan fingerprint density at radius 2 is 1.16 bits per heavy atom. The highest BCUT2D eigenvalue weighted by molar-refractivity contribution is 5.97. The van der Waals surface area contributed by atoms with Crippen LogP contribution in [0.2, 0.25) is 0 Å². The third-order valence-corrected chi connectivity index (χ3v) is 6.29. The molecule has 0 aliphatic heterocycles. The van der Waals surface area contributed by atoms with Gasteiger partial charge in [0.05, 0.1) is 5.69 Å². The van der Waals surface area contributed by atoms with Gasteiger partial charge in [0.2, 0.25) is 0 Å². The van der Waals surface area contributed by atoms with Gasteiger partial charge in [0.25, 0.3) is 0 Å². The maximum atomic E-state index is 13.9. The van der Waals surface area contributed by atoms with Crippen LogP contribution in [0.1, 0.15) is 38.6 Å². The van der Waals surface area contributed by atoms with E-state index in [9.17, 15) is 18.0 Å². The maximum absolute atomic E-state index is 13.9. The van der Waals surface area contributed by atoms with Gasteiger partial charge in [-0.05, 0) is 34.4 Å². The summed E-state index contributed by atoms with van der Waals surface area (Å²) in [5.41, 5.74) is 1.93. The van der Waals surface area contributed by atoms with E-state index in [4.69, 9.17) is 0 Å². The van der Waals surface area contributed by atoms with E-state index in [-0.39, 0.29) is 6.42 Å². The monoisotopic (exact) mass is 497 g/mol. The minimum absolute atomic E-state index is 0.238. The number of carbonyl (C=O) groups is 1. The van der Waals surface area contributed by atoms with Gasteiger partial charge < -0.3 is 4.57 Å². The van der Waals surface area contributed by atoms with Crippen LogP contribution in [0.15, 0.2) is 122 Å². The standard InChI is InChI=1S/C30H22F3N3O/c31-30(32,33)27(37)28-35-26(20-22-16-18-34-19-17-22)21-36(28)29(23-10-4-1-5-11-23,24-12-6-2-7-13-24)25-14-8-3-9-15-25/h1-19,21H,20H2. The fourth-order valence-electron chi connectivity index (χ4n) is 4.72. The lowest BCUT2D eigenvalue weighted by atomic mass is 9.76. The molecule has 5 rings (SSSR count). The van der Waals surface area contributed by atoms with Crippen molar-refractivity contribution < 1.29 is 18.0 Å². The van der Waals surface area contributed by atoms with Crippen molar-refractivity contribution in [1.82, 2.24) is 14.5 Å². The molecular formula is C30H22F3N3O. The zero-order valence-electron chi connectivity index (χ0n) is 19.6. The second-order valence-corrected chi connectivity index (χ2v) is 8.59. The number of hydrogen-bond donors (Lipinski definition) is 0. The van der Waals surface area contributed by atoms with Gasteiger partial charge in [0.1, 0.15) is 5.54 Å². The summed E-state index contributed by atoms with van der Waals surface area (Å²) in [6.45, 7) is 0. The minimum Gasteiger partial charge on any atom is -0.309 e. The molecule has 0 bridgehead atoms. The van der Waals surface area contributed by atoms with Crippen LogP contribution < -0.4 is 0 Å². The smallest absolute Gasteiger partial charge is 0.309 e. The molecule has 7 heteroatoms. The molecule has 0 N–H and O–H groups in total. The number of halogens is 3. The Hall–Kier alpha value is -4.52. The van der Waals surface area contributed by atoms with Gasteiger partial charge in [0.15, 0.2) is 5.82 Å². The Labute approximate surface area is 212 Å². The quantitative estimate of drug-likeness (QED) is 0.192. The van der Waals surface area contributed by atoms with Gasteiger partial charge in [-0.15, -0.1) is 0 Å². The molecule has 0 saturated heterocycles. The van der Waals surface area contributed by atoms with Gasteiger partial charge in [-0.2, -0.15) is 13.2 Å². The predicted octanol–water partition coefficient (Wildman–Crippen LogP) is 6.45. The second kappa shape index (κ2) is 9.85. The zero-order chi connectivity index (χ0) is 25.9. The molecule has 0 aliphatic carbocycles. The summed E-state index contributed by atoms with van der Waals surface area (Å²) in [5, 5.41) is 0. The molecule has 2 heterocycles. The highest BCUT2D eigenvalue weighted by Gasteiger charge is 2.47. The molecule has 3 aromatic carbocycles. The largest absolute Gasteiger partial charge is 0.458 e. The third-order valence-electron chi connectivity index (χ3n) is 6.29. The van der Waals surface area contributed by atoms with Crippen molar-refractivity contribution in [1.29, 1.82) is 0 Å². The van der Waals surface area contributed by atoms with Crippen molar-refractivity contribution >= 4 is 5.78 Å². The van der Waals surface area contributed by atoms with Crippen molar-refractivity contribution in [3.8, 4) is 0 Å². The molecule has 4 nitrogen and oxygen atoms in total. The lowest BCUT2D eigenvalue weighted by Crippen LogP contribution is -2.41. The number of rotatable bonds is 7. The minimum atomic E-state index is -5.10. The Kier molecular flexibility index (Phi) is 6.44. The molecule has 2 aromatic heterocycles. The first-order chi connectivity index (χ1) is 17.9. The first-order valence-corrected chi connectivity index (χ1v) is 11.7. The molecule has 0 aliphatic rings. The van der Waals surface area contributed by atoms with Crippen LogP contribution in [0, 0.1) is 0 Å². The van der Waals surface area contributed by atoms with E-state index in [0.29, 0.717) is 22.4 Å². The molecule has 0 unspecified atom stereocenters. The number of Topliss-reactive ketones (excluding diaryl/α,β-unsaturated/α-hetero) is 1. The summed E-state index contributed by atoms with van der Waals surface area (Å²) in [6, 6.07) is 31.1. The third kappa shape index (κ3) is 4.56. The van der Waals surface area contributed by atoms with E-state index in [1.54, 1.807) is 30.7 Å². The molecule has 0 fully saturated rings. The summed E-state index contributed by atoms with van der Waals surface area (Å²) in [7, 11) is 0. The van der Waals surface area contributed by atoms with Gasteiger partial charge in [-0.25, -0.2) is 4.98 Å². The number of carbonyl (C=O) groups excluding carboxylic acids is 1. The number of pyridine rings is 1. The van der Waals surface area contributed by atoms with Crippen LogP contribution in [0.25, 0.3) is 0 Å². The first-order valence-electron chi connectivity index (χ1n) is 11.7. The normalized spacial score (nSPS) is 11.9. The Balaban J connectivity index is 1.87. The molecular weight excluding hydrogens is 475 g/mol. The van der Waals surface area contributed by atoms with E-state index >= 15 is 0 Å². The molecule has 0 amide bonds. The lowest BCUT2D eigenvalue weighted by molar-refractivity contribution is -0.0894. The fraction of sp³-hybridized carbons (Fsp3) is 0.100. The van der Waals surface area contributed by atoms with Crippen LogP contribution in [0.5, 0.6) is 0 Å². The maximum Gasteiger partial charge on any atom is 0.458 e.